The molecule has 1 N–H and O–H groups in total. The molecule has 0 bridgehead atoms. The van der Waals surface area contributed by atoms with Gasteiger partial charge >= 0.3 is 5.97 Å². The van der Waals surface area contributed by atoms with Crippen LogP contribution in [0.3, 0.4) is 0 Å². The van der Waals surface area contributed by atoms with Crippen LogP contribution < -0.4 is 14.2 Å². The lowest BCUT2D eigenvalue weighted by Gasteiger charge is -2.21. The third-order valence-electron chi connectivity index (χ3n) is 3.42. The van der Waals surface area contributed by atoms with E-state index in [-0.39, 0.29) is 0 Å². The van der Waals surface area contributed by atoms with Crippen LogP contribution in [0.1, 0.15) is 18.4 Å². The molecule has 1 fully saturated rings. The van der Waals surface area contributed by atoms with Crippen LogP contribution in [-0.2, 0) is 10.2 Å². The second kappa shape index (κ2) is 4.81. The third kappa shape index (κ3) is 1.98. The average Bonchev–Trinajstić information content (AvgIpc) is 3.18. The molecule has 0 aromatic heterocycles. The summed E-state index contributed by atoms with van der Waals surface area (Å²) in [6.45, 7) is 0. The van der Waals surface area contributed by atoms with Gasteiger partial charge in [0.2, 0.25) is 0 Å². The van der Waals surface area contributed by atoms with Crippen molar-refractivity contribution in [2.75, 3.05) is 21.3 Å². The number of ether oxygens (including phenoxy) is 3. The molecule has 0 aliphatic heterocycles. The Kier molecular flexibility index (Phi) is 3.49. The molecule has 0 radical (unpaired) electrons. The van der Waals surface area contributed by atoms with E-state index >= 15 is 0 Å². The summed E-state index contributed by atoms with van der Waals surface area (Å²) in [4.78, 5) is 11.5. The summed E-state index contributed by atoms with van der Waals surface area (Å²) < 4.78 is 15.8. The first kappa shape index (κ1) is 13.8. The van der Waals surface area contributed by atoms with Gasteiger partial charge in [-0.25, -0.2) is 0 Å². The van der Waals surface area contributed by atoms with E-state index in [9.17, 15) is 9.90 Å². The molecule has 1 aliphatic rings. The van der Waals surface area contributed by atoms with E-state index < -0.39 is 11.4 Å². The van der Waals surface area contributed by atoms with E-state index in [1.165, 1.54) is 21.3 Å². The van der Waals surface area contributed by atoms with Crippen molar-refractivity contribution in [3.05, 3.63) is 16.7 Å². The number of hydrogen-bond acceptors (Lipinski definition) is 4. The van der Waals surface area contributed by atoms with Gasteiger partial charge in [-0.05, 0) is 12.8 Å². The number of carbonyl (C=O) groups is 1. The Hall–Kier alpha value is -1.62. The molecule has 1 aromatic rings. The van der Waals surface area contributed by atoms with Gasteiger partial charge in [-0.15, -0.1) is 0 Å². The summed E-state index contributed by atoms with van der Waals surface area (Å²) in [5.74, 6) is 0.187. The molecule has 0 amide bonds. The zero-order valence-corrected chi connectivity index (χ0v) is 11.7. The first-order chi connectivity index (χ1) is 9.01. The molecule has 19 heavy (non-hydrogen) atoms. The van der Waals surface area contributed by atoms with E-state index in [0.29, 0.717) is 40.7 Å². The molecule has 2 rings (SSSR count). The summed E-state index contributed by atoms with van der Waals surface area (Å²) >= 11 is 6.13. The van der Waals surface area contributed by atoms with Gasteiger partial charge in [-0.2, -0.15) is 0 Å². The third-order valence-corrected chi connectivity index (χ3v) is 3.70. The van der Waals surface area contributed by atoms with Crippen molar-refractivity contribution in [3.63, 3.8) is 0 Å². The van der Waals surface area contributed by atoms with Crippen molar-refractivity contribution in [2.24, 2.45) is 0 Å². The minimum absolute atomic E-state index is 0.308. The molecule has 104 valence electrons. The number of methoxy groups -OCH3 is 3. The second-order valence-electron chi connectivity index (χ2n) is 4.39. The number of benzene rings is 1. The van der Waals surface area contributed by atoms with Crippen LogP contribution in [-0.4, -0.2) is 32.4 Å². The zero-order valence-electron chi connectivity index (χ0n) is 10.9. The molecule has 0 saturated heterocycles. The monoisotopic (exact) mass is 286 g/mol. The average molecular weight is 287 g/mol. The van der Waals surface area contributed by atoms with Gasteiger partial charge in [-0.1, -0.05) is 11.6 Å². The van der Waals surface area contributed by atoms with E-state index in [4.69, 9.17) is 25.8 Å². The van der Waals surface area contributed by atoms with E-state index in [0.717, 1.165) is 0 Å². The summed E-state index contributed by atoms with van der Waals surface area (Å²) in [7, 11) is 4.39. The Labute approximate surface area is 116 Å². The topological polar surface area (TPSA) is 65.0 Å². The molecule has 0 spiro atoms. The van der Waals surface area contributed by atoms with Crippen molar-refractivity contribution in [2.45, 2.75) is 18.3 Å². The van der Waals surface area contributed by atoms with Gasteiger partial charge < -0.3 is 19.3 Å². The fourth-order valence-electron chi connectivity index (χ4n) is 2.28. The largest absolute Gasteiger partial charge is 0.495 e. The highest BCUT2D eigenvalue weighted by Crippen LogP contribution is 2.58. The molecular weight excluding hydrogens is 272 g/mol. The first-order valence-electron chi connectivity index (χ1n) is 5.74. The Morgan fingerprint density at radius 3 is 2.16 bits per heavy atom. The number of hydrogen-bond donors (Lipinski definition) is 1. The lowest BCUT2D eigenvalue weighted by Crippen LogP contribution is -2.21. The predicted octanol–water partition coefficient (Wildman–Crippen LogP) is 2.48. The van der Waals surface area contributed by atoms with Gasteiger partial charge in [0.1, 0.15) is 11.2 Å². The van der Waals surface area contributed by atoms with E-state index in [1.54, 1.807) is 6.07 Å². The highest BCUT2D eigenvalue weighted by Gasteiger charge is 2.56. The molecule has 0 unspecified atom stereocenters. The van der Waals surface area contributed by atoms with Crippen LogP contribution in [0, 0.1) is 0 Å². The maximum atomic E-state index is 11.5. The van der Waals surface area contributed by atoms with Crippen LogP contribution in [0.4, 0.5) is 0 Å². The summed E-state index contributed by atoms with van der Waals surface area (Å²) in [6.07, 6.45) is 1.05. The van der Waals surface area contributed by atoms with Crippen LogP contribution in [0.25, 0.3) is 0 Å². The fraction of sp³-hybridized carbons (Fsp3) is 0.462. The highest BCUT2D eigenvalue weighted by atomic mass is 35.5. The molecule has 6 heteroatoms. The van der Waals surface area contributed by atoms with Crippen molar-refractivity contribution >= 4 is 17.6 Å². The maximum Gasteiger partial charge on any atom is 0.314 e. The minimum Gasteiger partial charge on any atom is -0.495 e. The van der Waals surface area contributed by atoms with Crippen LogP contribution >= 0.6 is 11.6 Å². The molecule has 1 aromatic carbocycles. The van der Waals surface area contributed by atoms with E-state index in [2.05, 4.69) is 0 Å². The van der Waals surface area contributed by atoms with Crippen molar-refractivity contribution in [1.29, 1.82) is 0 Å². The number of carboxylic acid groups (broad SMARTS) is 1. The SMILES string of the molecule is COc1cc(Cl)c(OC)c(C2(C(=O)O)CC2)c1OC. The normalized spacial score (nSPS) is 15.8. The lowest BCUT2D eigenvalue weighted by molar-refractivity contribution is -0.140. The smallest absolute Gasteiger partial charge is 0.314 e. The van der Waals surface area contributed by atoms with Gasteiger partial charge in [0.05, 0.1) is 31.9 Å². The summed E-state index contributed by atoms with van der Waals surface area (Å²) in [6, 6.07) is 1.56. The Morgan fingerprint density at radius 2 is 1.79 bits per heavy atom. The number of halogens is 1. The lowest BCUT2D eigenvalue weighted by atomic mass is 9.93. The van der Waals surface area contributed by atoms with Crippen LogP contribution in [0.2, 0.25) is 5.02 Å². The summed E-state index contributed by atoms with van der Waals surface area (Å²) in [5.41, 5.74) is -0.538. The van der Waals surface area contributed by atoms with Crippen LogP contribution in [0.5, 0.6) is 17.2 Å². The zero-order chi connectivity index (χ0) is 14.2. The van der Waals surface area contributed by atoms with Crippen molar-refractivity contribution < 1.29 is 24.1 Å². The Bertz CT molecular complexity index is 522. The highest BCUT2D eigenvalue weighted by molar-refractivity contribution is 6.32. The predicted molar refractivity (Wildman–Crippen MR) is 69.7 cm³/mol. The fourth-order valence-corrected chi connectivity index (χ4v) is 2.55. The Balaban J connectivity index is 2.75. The van der Waals surface area contributed by atoms with Crippen LogP contribution in [0.15, 0.2) is 6.07 Å². The number of carboxylic acids is 1. The Morgan fingerprint density at radius 1 is 1.21 bits per heavy atom. The van der Waals surface area contributed by atoms with Gasteiger partial charge in [0.25, 0.3) is 0 Å². The second-order valence-corrected chi connectivity index (χ2v) is 4.80. The number of rotatable bonds is 5. The van der Waals surface area contributed by atoms with Gasteiger partial charge in [-0.3, -0.25) is 4.79 Å². The molecule has 1 saturated carbocycles. The standard InChI is InChI=1S/C13H15ClO5/c1-17-8-6-7(14)10(18-2)9(11(8)19-3)13(4-5-13)12(15)16/h6H,4-5H2,1-3H3,(H,15,16). The first-order valence-corrected chi connectivity index (χ1v) is 6.12. The molecule has 0 heterocycles. The molecule has 0 atom stereocenters. The maximum absolute atomic E-state index is 11.5. The van der Waals surface area contributed by atoms with Crippen molar-refractivity contribution in [3.8, 4) is 17.2 Å². The van der Waals surface area contributed by atoms with Gasteiger partial charge in [0, 0.05) is 6.07 Å². The quantitative estimate of drug-likeness (QED) is 0.901. The van der Waals surface area contributed by atoms with Gasteiger partial charge in [0.15, 0.2) is 11.5 Å². The molecule has 5 nitrogen and oxygen atoms in total. The minimum atomic E-state index is -0.991. The van der Waals surface area contributed by atoms with Crippen molar-refractivity contribution in [1.82, 2.24) is 0 Å². The summed E-state index contributed by atoms with van der Waals surface area (Å²) in [5, 5.41) is 9.76. The molecular formula is C13H15ClO5. The van der Waals surface area contributed by atoms with E-state index in [1.807, 2.05) is 0 Å². The molecule has 1 aliphatic carbocycles. The number of aliphatic carboxylic acids is 1.